The van der Waals surface area contributed by atoms with Crippen LogP contribution in [-0.2, 0) is 9.53 Å². The molecule has 1 rings (SSSR count). The van der Waals surface area contributed by atoms with Crippen LogP contribution in [0.2, 0.25) is 0 Å². The third-order valence-electron chi connectivity index (χ3n) is 1.90. The van der Waals surface area contributed by atoms with Crippen LogP contribution in [0.1, 0.15) is 23.8 Å². The number of carbonyl (C=O) groups excluding carboxylic acids is 2. The third-order valence-corrected chi connectivity index (χ3v) is 2.92. The first kappa shape index (κ1) is 13.4. The molecule has 0 aromatic carbocycles. The Balaban J connectivity index is 2.57. The molecule has 7 heteroatoms. The first-order valence-electron chi connectivity index (χ1n) is 4.90. The summed E-state index contributed by atoms with van der Waals surface area (Å²) >= 11 is 1.38. The molecule has 1 atom stereocenters. The number of rotatable bonds is 5. The Labute approximate surface area is 103 Å². The van der Waals surface area contributed by atoms with Crippen LogP contribution in [-0.4, -0.2) is 34.4 Å². The largest absolute Gasteiger partial charge is 0.469 e. The molecule has 92 valence electrons. The van der Waals surface area contributed by atoms with Gasteiger partial charge >= 0.3 is 5.97 Å². The summed E-state index contributed by atoms with van der Waals surface area (Å²) in [6.45, 7) is 1.88. The van der Waals surface area contributed by atoms with Crippen LogP contribution in [0, 0.1) is 0 Å². The van der Waals surface area contributed by atoms with E-state index in [4.69, 9.17) is 5.73 Å². The van der Waals surface area contributed by atoms with E-state index >= 15 is 0 Å². The average Bonchev–Trinajstić information content (AvgIpc) is 2.29. The highest BCUT2D eigenvalue weighted by Crippen LogP contribution is 2.22. The lowest BCUT2D eigenvalue weighted by Gasteiger charge is -2.08. The Hall–Kier alpha value is -1.63. The van der Waals surface area contributed by atoms with Crippen LogP contribution >= 0.6 is 11.8 Å². The van der Waals surface area contributed by atoms with E-state index in [1.165, 1.54) is 24.9 Å². The topological polar surface area (TPSA) is 95.2 Å². The maximum atomic E-state index is 11.0. The fraction of sp³-hybridized carbons (Fsp3) is 0.400. The van der Waals surface area contributed by atoms with Gasteiger partial charge in [0.25, 0.3) is 5.91 Å². The minimum atomic E-state index is -0.614. The summed E-state index contributed by atoms with van der Waals surface area (Å²) in [4.78, 5) is 21.8. The molecule has 0 radical (unpaired) electrons. The quantitative estimate of drug-likeness (QED) is 0.612. The molecule has 1 aromatic rings. The molecule has 0 aliphatic heterocycles. The number of carbonyl (C=O) groups is 2. The molecule has 0 bridgehead atoms. The molecule has 0 saturated carbocycles. The zero-order valence-corrected chi connectivity index (χ0v) is 10.4. The van der Waals surface area contributed by atoms with Crippen molar-refractivity contribution in [3.8, 4) is 0 Å². The number of esters is 1. The van der Waals surface area contributed by atoms with Gasteiger partial charge in [-0.05, 0) is 12.1 Å². The number of methoxy groups -OCH3 is 1. The number of ether oxygens (including phenoxy) is 1. The van der Waals surface area contributed by atoms with E-state index in [-0.39, 0.29) is 16.9 Å². The molecule has 0 spiro atoms. The van der Waals surface area contributed by atoms with Crippen molar-refractivity contribution < 1.29 is 14.3 Å². The van der Waals surface area contributed by atoms with Gasteiger partial charge in [-0.3, -0.25) is 9.59 Å². The van der Waals surface area contributed by atoms with E-state index in [0.717, 1.165) is 0 Å². The first-order valence-corrected chi connectivity index (χ1v) is 5.78. The number of nitrogens with two attached hydrogens (primary N) is 1. The fourth-order valence-electron chi connectivity index (χ4n) is 1.08. The molecular weight excluding hydrogens is 242 g/mol. The molecule has 2 N–H and O–H groups in total. The number of thioether (sulfide) groups is 1. The van der Waals surface area contributed by atoms with Crippen LogP contribution < -0.4 is 5.73 Å². The number of hydrogen-bond acceptors (Lipinski definition) is 6. The van der Waals surface area contributed by atoms with Gasteiger partial charge in [0.1, 0.15) is 5.03 Å². The number of nitrogens with zero attached hydrogens (tertiary/aromatic N) is 2. The SMILES string of the molecule is COC(=O)CC(C)Sc1ccc(C(N)=O)nn1. The van der Waals surface area contributed by atoms with E-state index in [2.05, 4.69) is 14.9 Å². The number of primary amides is 1. The zero-order valence-electron chi connectivity index (χ0n) is 9.54. The molecule has 6 nitrogen and oxygen atoms in total. The molecule has 0 saturated heterocycles. The average molecular weight is 255 g/mol. The molecule has 1 aromatic heterocycles. The van der Waals surface area contributed by atoms with E-state index < -0.39 is 5.91 Å². The first-order chi connectivity index (χ1) is 8.02. The smallest absolute Gasteiger partial charge is 0.306 e. The second-order valence-corrected chi connectivity index (χ2v) is 4.79. The maximum Gasteiger partial charge on any atom is 0.306 e. The van der Waals surface area contributed by atoms with Gasteiger partial charge in [-0.1, -0.05) is 6.92 Å². The molecule has 1 heterocycles. The van der Waals surface area contributed by atoms with Crippen molar-refractivity contribution >= 4 is 23.6 Å². The molecule has 0 aliphatic carbocycles. The Bertz CT molecular complexity index is 408. The lowest BCUT2D eigenvalue weighted by atomic mass is 10.3. The van der Waals surface area contributed by atoms with Gasteiger partial charge in [0.05, 0.1) is 13.5 Å². The van der Waals surface area contributed by atoms with Crippen LogP contribution in [0.5, 0.6) is 0 Å². The van der Waals surface area contributed by atoms with Crippen LogP contribution in [0.25, 0.3) is 0 Å². The van der Waals surface area contributed by atoms with Gasteiger partial charge in [-0.2, -0.15) is 0 Å². The van der Waals surface area contributed by atoms with Gasteiger partial charge in [-0.25, -0.2) is 0 Å². The van der Waals surface area contributed by atoms with E-state index in [1.54, 1.807) is 6.07 Å². The van der Waals surface area contributed by atoms with Crippen LogP contribution in [0.15, 0.2) is 17.2 Å². The van der Waals surface area contributed by atoms with Gasteiger partial charge in [0, 0.05) is 5.25 Å². The van der Waals surface area contributed by atoms with Crippen molar-refractivity contribution in [2.75, 3.05) is 7.11 Å². The summed E-state index contributed by atoms with van der Waals surface area (Å²) in [5.41, 5.74) is 5.16. The van der Waals surface area contributed by atoms with Crippen molar-refractivity contribution in [1.82, 2.24) is 10.2 Å². The molecule has 17 heavy (non-hydrogen) atoms. The van der Waals surface area contributed by atoms with Crippen molar-refractivity contribution in [1.29, 1.82) is 0 Å². The summed E-state index contributed by atoms with van der Waals surface area (Å²) in [6, 6.07) is 3.15. The number of amides is 1. The van der Waals surface area contributed by atoms with Gasteiger partial charge < -0.3 is 10.5 Å². The highest BCUT2D eigenvalue weighted by atomic mass is 32.2. The summed E-state index contributed by atoms with van der Waals surface area (Å²) < 4.78 is 4.56. The van der Waals surface area contributed by atoms with Crippen LogP contribution in [0.4, 0.5) is 0 Å². The lowest BCUT2D eigenvalue weighted by Crippen LogP contribution is -2.14. The van der Waals surface area contributed by atoms with E-state index in [0.29, 0.717) is 11.4 Å². The minimum Gasteiger partial charge on any atom is -0.469 e. The fourth-order valence-corrected chi connectivity index (χ4v) is 1.95. The lowest BCUT2D eigenvalue weighted by molar-refractivity contribution is -0.140. The zero-order chi connectivity index (χ0) is 12.8. The van der Waals surface area contributed by atoms with E-state index in [9.17, 15) is 9.59 Å². The highest BCUT2D eigenvalue weighted by molar-refractivity contribution is 7.99. The highest BCUT2D eigenvalue weighted by Gasteiger charge is 2.12. The predicted molar refractivity (Wildman–Crippen MR) is 62.5 cm³/mol. The standard InChI is InChI=1S/C10H13N3O3S/c1-6(5-9(14)16-2)17-8-4-3-7(10(11)15)12-13-8/h3-4,6H,5H2,1-2H3,(H2,11,15). The second kappa shape index (κ2) is 6.19. The summed E-state index contributed by atoms with van der Waals surface area (Å²) in [5.74, 6) is -0.886. The van der Waals surface area contributed by atoms with Gasteiger partial charge in [0.15, 0.2) is 5.69 Å². The second-order valence-electron chi connectivity index (χ2n) is 3.33. The molecule has 1 unspecified atom stereocenters. The normalized spacial score (nSPS) is 11.9. The molecule has 0 aliphatic rings. The molecule has 0 fully saturated rings. The maximum absolute atomic E-state index is 11.0. The van der Waals surface area contributed by atoms with Crippen molar-refractivity contribution in [2.45, 2.75) is 23.6 Å². The van der Waals surface area contributed by atoms with E-state index in [1.807, 2.05) is 6.92 Å². The summed E-state index contributed by atoms with van der Waals surface area (Å²) in [5, 5.41) is 8.16. The minimum absolute atomic E-state index is 0.0242. The molecule has 1 amide bonds. The monoisotopic (exact) mass is 255 g/mol. The Kier molecular flexibility index (Phi) is 4.89. The summed E-state index contributed by atoms with van der Waals surface area (Å²) in [6.07, 6.45) is 0.292. The molecular formula is C10H13N3O3S. The predicted octanol–water partition coefficient (Wildman–Crippen LogP) is 0.619. The number of aromatic nitrogens is 2. The Morgan fingerprint density at radius 3 is 2.65 bits per heavy atom. The third kappa shape index (κ3) is 4.39. The van der Waals surface area contributed by atoms with Crippen molar-refractivity contribution in [2.24, 2.45) is 5.73 Å². The summed E-state index contributed by atoms with van der Waals surface area (Å²) in [7, 11) is 1.35. The number of hydrogen-bond donors (Lipinski definition) is 1. The van der Waals surface area contributed by atoms with Crippen LogP contribution in [0.3, 0.4) is 0 Å². The van der Waals surface area contributed by atoms with Gasteiger partial charge in [0.2, 0.25) is 0 Å². The Morgan fingerprint density at radius 2 is 2.18 bits per heavy atom. The van der Waals surface area contributed by atoms with Gasteiger partial charge in [-0.15, -0.1) is 22.0 Å². The Morgan fingerprint density at radius 1 is 1.47 bits per heavy atom. The van der Waals surface area contributed by atoms with Crippen molar-refractivity contribution in [3.63, 3.8) is 0 Å². The van der Waals surface area contributed by atoms with Crippen molar-refractivity contribution in [3.05, 3.63) is 17.8 Å².